The van der Waals surface area contributed by atoms with Gasteiger partial charge in [-0.25, -0.2) is 0 Å². The molecule has 22 heavy (non-hydrogen) atoms. The second-order valence-electron chi connectivity index (χ2n) is 6.20. The first-order valence-corrected chi connectivity index (χ1v) is 7.77. The fraction of sp³-hybridized carbons (Fsp3) is 0.500. The van der Waals surface area contributed by atoms with Crippen molar-refractivity contribution < 1.29 is 9.90 Å². The lowest BCUT2D eigenvalue weighted by Crippen LogP contribution is -2.52. The SMILES string of the molecule is CC[C@@H]1CN(C(=O)c2ccc(C#CC(C)(C)O)cc2)CCN1. The topological polar surface area (TPSA) is 52.6 Å². The zero-order valence-electron chi connectivity index (χ0n) is 13.5. The zero-order chi connectivity index (χ0) is 16.2. The van der Waals surface area contributed by atoms with Crippen LogP contribution in [0, 0.1) is 11.8 Å². The number of benzene rings is 1. The molecular formula is C18H24N2O2. The minimum absolute atomic E-state index is 0.0712. The van der Waals surface area contributed by atoms with Crippen molar-refractivity contribution in [2.24, 2.45) is 0 Å². The molecule has 1 atom stereocenters. The molecule has 4 heteroatoms. The van der Waals surface area contributed by atoms with Crippen molar-refractivity contribution in [2.75, 3.05) is 19.6 Å². The van der Waals surface area contributed by atoms with E-state index >= 15 is 0 Å². The van der Waals surface area contributed by atoms with Gasteiger partial charge in [0.15, 0.2) is 0 Å². The maximum Gasteiger partial charge on any atom is 0.253 e. The molecule has 4 nitrogen and oxygen atoms in total. The number of aliphatic hydroxyl groups is 1. The molecule has 0 bridgehead atoms. The number of carbonyl (C=O) groups is 1. The molecular weight excluding hydrogens is 276 g/mol. The molecule has 2 rings (SSSR count). The summed E-state index contributed by atoms with van der Waals surface area (Å²) in [6, 6.07) is 7.64. The summed E-state index contributed by atoms with van der Waals surface area (Å²) in [5, 5.41) is 13.0. The van der Waals surface area contributed by atoms with Gasteiger partial charge < -0.3 is 15.3 Å². The van der Waals surface area contributed by atoms with Crippen LogP contribution in [0.1, 0.15) is 43.1 Å². The van der Waals surface area contributed by atoms with Crippen LogP contribution in [0.2, 0.25) is 0 Å². The molecule has 0 aromatic heterocycles. The van der Waals surface area contributed by atoms with E-state index in [2.05, 4.69) is 24.1 Å². The van der Waals surface area contributed by atoms with Gasteiger partial charge in [0, 0.05) is 36.8 Å². The lowest BCUT2D eigenvalue weighted by Gasteiger charge is -2.33. The number of amides is 1. The quantitative estimate of drug-likeness (QED) is 0.816. The Bertz CT molecular complexity index is 576. The predicted molar refractivity (Wildman–Crippen MR) is 87.6 cm³/mol. The highest BCUT2D eigenvalue weighted by Crippen LogP contribution is 2.11. The summed E-state index contributed by atoms with van der Waals surface area (Å²) in [6.07, 6.45) is 1.02. The van der Waals surface area contributed by atoms with Crippen molar-refractivity contribution in [1.82, 2.24) is 10.2 Å². The molecule has 2 N–H and O–H groups in total. The highest BCUT2D eigenvalue weighted by atomic mass is 16.3. The molecule has 1 aromatic carbocycles. The summed E-state index contributed by atoms with van der Waals surface area (Å²) >= 11 is 0. The van der Waals surface area contributed by atoms with Crippen molar-refractivity contribution in [3.63, 3.8) is 0 Å². The fourth-order valence-electron chi connectivity index (χ4n) is 2.39. The van der Waals surface area contributed by atoms with Gasteiger partial charge in [-0.3, -0.25) is 4.79 Å². The van der Waals surface area contributed by atoms with Crippen molar-refractivity contribution >= 4 is 5.91 Å². The monoisotopic (exact) mass is 300 g/mol. The van der Waals surface area contributed by atoms with Crippen molar-refractivity contribution in [3.05, 3.63) is 35.4 Å². The summed E-state index contributed by atoms with van der Waals surface area (Å²) in [4.78, 5) is 14.4. The average Bonchev–Trinajstić information content (AvgIpc) is 2.52. The molecule has 0 radical (unpaired) electrons. The predicted octanol–water partition coefficient (Wildman–Crippen LogP) is 1.63. The lowest BCUT2D eigenvalue weighted by molar-refractivity contribution is 0.0701. The second kappa shape index (κ2) is 6.95. The summed E-state index contributed by atoms with van der Waals surface area (Å²) in [7, 11) is 0. The summed E-state index contributed by atoms with van der Waals surface area (Å²) < 4.78 is 0. The van der Waals surface area contributed by atoms with Gasteiger partial charge in [0.2, 0.25) is 0 Å². The molecule has 0 unspecified atom stereocenters. The highest BCUT2D eigenvalue weighted by molar-refractivity contribution is 5.94. The normalized spacial score (nSPS) is 18.5. The van der Waals surface area contributed by atoms with Crippen molar-refractivity contribution in [2.45, 2.75) is 38.8 Å². The molecule has 1 heterocycles. The van der Waals surface area contributed by atoms with Crippen LogP contribution in [0.3, 0.4) is 0 Å². The van der Waals surface area contributed by atoms with E-state index in [1.165, 1.54) is 0 Å². The fourth-order valence-corrected chi connectivity index (χ4v) is 2.39. The second-order valence-corrected chi connectivity index (χ2v) is 6.20. The first-order chi connectivity index (χ1) is 10.4. The molecule has 1 aromatic rings. The summed E-state index contributed by atoms with van der Waals surface area (Å²) in [6.45, 7) is 7.77. The largest absolute Gasteiger partial charge is 0.378 e. The van der Waals surface area contributed by atoms with Gasteiger partial charge in [-0.05, 0) is 44.5 Å². The third kappa shape index (κ3) is 4.59. The van der Waals surface area contributed by atoms with E-state index in [0.29, 0.717) is 11.6 Å². The van der Waals surface area contributed by atoms with E-state index in [1.807, 2.05) is 17.0 Å². The van der Waals surface area contributed by atoms with E-state index in [-0.39, 0.29) is 5.91 Å². The van der Waals surface area contributed by atoms with Gasteiger partial charge in [0.1, 0.15) is 5.60 Å². The molecule has 1 saturated heterocycles. The first kappa shape index (κ1) is 16.5. The van der Waals surface area contributed by atoms with E-state index < -0.39 is 5.60 Å². The van der Waals surface area contributed by atoms with Crippen molar-refractivity contribution in [1.29, 1.82) is 0 Å². The molecule has 1 amide bonds. The first-order valence-electron chi connectivity index (χ1n) is 7.77. The number of nitrogens with zero attached hydrogens (tertiary/aromatic N) is 1. The van der Waals surface area contributed by atoms with Gasteiger partial charge in [-0.2, -0.15) is 0 Å². The van der Waals surface area contributed by atoms with E-state index in [1.54, 1.807) is 26.0 Å². The number of carbonyl (C=O) groups excluding carboxylic acids is 1. The molecule has 0 aliphatic carbocycles. The van der Waals surface area contributed by atoms with Crippen LogP contribution in [0.25, 0.3) is 0 Å². The molecule has 0 saturated carbocycles. The Morgan fingerprint density at radius 1 is 1.41 bits per heavy atom. The van der Waals surface area contributed by atoms with Crippen LogP contribution in [-0.4, -0.2) is 47.2 Å². The summed E-state index contributed by atoms with van der Waals surface area (Å²) in [5.41, 5.74) is 0.473. The van der Waals surface area contributed by atoms with Gasteiger partial charge in [-0.1, -0.05) is 18.8 Å². The van der Waals surface area contributed by atoms with Gasteiger partial charge >= 0.3 is 0 Å². The Kier molecular flexibility index (Phi) is 5.23. The van der Waals surface area contributed by atoms with Crippen LogP contribution < -0.4 is 5.32 Å². The minimum Gasteiger partial charge on any atom is -0.378 e. The lowest BCUT2D eigenvalue weighted by atomic mass is 10.1. The van der Waals surface area contributed by atoms with Crippen molar-refractivity contribution in [3.8, 4) is 11.8 Å². The number of piperazine rings is 1. The smallest absolute Gasteiger partial charge is 0.253 e. The van der Waals surface area contributed by atoms with E-state index in [0.717, 1.165) is 31.6 Å². The molecule has 1 aliphatic rings. The van der Waals surface area contributed by atoms with Gasteiger partial charge in [-0.15, -0.1) is 0 Å². The Morgan fingerprint density at radius 3 is 2.68 bits per heavy atom. The van der Waals surface area contributed by atoms with Crippen LogP contribution in [0.5, 0.6) is 0 Å². The van der Waals surface area contributed by atoms with E-state index in [4.69, 9.17) is 0 Å². The molecule has 118 valence electrons. The van der Waals surface area contributed by atoms with Crippen LogP contribution in [0.4, 0.5) is 0 Å². The number of rotatable bonds is 2. The standard InChI is InChI=1S/C18H24N2O2/c1-4-16-13-20(12-11-19-16)17(21)15-7-5-14(6-8-15)9-10-18(2,3)22/h5-8,16,19,22H,4,11-13H2,1-3H3/t16-/m1/s1. The number of nitrogens with one attached hydrogen (secondary N) is 1. The third-order valence-electron chi connectivity index (χ3n) is 3.68. The maximum atomic E-state index is 12.5. The zero-order valence-corrected chi connectivity index (χ0v) is 13.5. The van der Waals surface area contributed by atoms with Crippen LogP contribution >= 0.6 is 0 Å². The molecule has 0 spiro atoms. The Balaban J connectivity index is 2.06. The number of hydrogen-bond acceptors (Lipinski definition) is 3. The summed E-state index contributed by atoms with van der Waals surface area (Å²) in [5.74, 6) is 5.75. The van der Waals surface area contributed by atoms with Crippen LogP contribution in [0.15, 0.2) is 24.3 Å². The Hall–Kier alpha value is -1.83. The minimum atomic E-state index is -1.01. The highest BCUT2D eigenvalue weighted by Gasteiger charge is 2.22. The maximum absolute atomic E-state index is 12.5. The van der Waals surface area contributed by atoms with Gasteiger partial charge in [0.05, 0.1) is 0 Å². The van der Waals surface area contributed by atoms with Gasteiger partial charge in [0.25, 0.3) is 5.91 Å². The molecule has 1 aliphatic heterocycles. The Morgan fingerprint density at radius 2 is 2.09 bits per heavy atom. The van der Waals surface area contributed by atoms with Crippen LogP contribution in [-0.2, 0) is 0 Å². The Labute approximate surface area is 132 Å². The third-order valence-corrected chi connectivity index (χ3v) is 3.68. The average molecular weight is 300 g/mol. The molecule has 1 fully saturated rings. The van der Waals surface area contributed by atoms with E-state index in [9.17, 15) is 9.90 Å². The number of hydrogen-bond donors (Lipinski definition) is 2.